The van der Waals surface area contributed by atoms with E-state index in [-0.39, 0.29) is 17.7 Å². The summed E-state index contributed by atoms with van der Waals surface area (Å²) in [6, 6.07) is 3.87. The minimum Gasteiger partial charge on any atom is -0.363 e. The maximum Gasteiger partial charge on any atom is 0.265 e. The van der Waals surface area contributed by atoms with Crippen LogP contribution >= 0.6 is 0 Å². The molecule has 0 amide bonds. The van der Waals surface area contributed by atoms with Gasteiger partial charge in [0.1, 0.15) is 12.1 Å². The molecular weight excluding hydrogens is 231 g/mol. The lowest BCUT2D eigenvalue weighted by Gasteiger charge is -2.34. The lowest BCUT2D eigenvalue weighted by molar-refractivity contribution is -0.0118. The van der Waals surface area contributed by atoms with Crippen LogP contribution in [0, 0.1) is 5.82 Å². The number of benzene rings is 1. The number of hydrogen-bond acceptors (Lipinski definition) is 2. The number of hydrogen-bond donors (Lipinski definition) is 0. The van der Waals surface area contributed by atoms with Gasteiger partial charge >= 0.3 is 0 Å². The van der Waals surface area contributed by atoms with E-state index in [1.54, 1.807) is 0 Å². The zero-order valence-corrected chi connectivity index (χ0v) is 9.13. The lowest BCUT2D eigenvalue weighted by Crippen LogP contribution is -2.43. The SMILES string of the molecule is O=Cc1ccc(N2CCCC(F)(F)C2)c(F)c1. The van der Waals surface area contributed by atoms with Crippen LogP contribution in [-0.2, 0) is 0 Å². The second-order valence-electron chi connectivity index (χ2n) is 4.21. The van der Waals surface area contributed by atoms with Crippen molar-refractivity contribution < 1.29 is 18.0 Å². The Morgan fingerprint density at radius 2 is 2.12 bits per heavy atom. The Bertz CT molecular complexity index is 434. The number of halogens is 3. The fourth-order valence-corrected chi connectivity index (χ4v) is 2.02. The largest absolute Gasteiger partial charge is 0.363 e. The molecule has 1 aromatic rings. The van der Waals surface area contributed by atoms with Gasteiger partial charge in [-0.1, -0.05) is 0 Å². The van der Waals surface area contributed by atoms with Crippen LogP contribution < -0.4 is 4.90 Å². The summed E-state index contributed by atoms with van der Waals surface area (Å²) in [6.45, 7) is -0.0582. The second kappa shape index (κ2) is 4.39. The van der Waals surface area contributed by atoms with Gasteiger partial charge in [0.2, 0.25) is 0 Å². The minimum atomic E-state index is -2.77. The lowest BCUT2D eigenvalue weighted by atomic mass is 10.1. The Morgan fingerprint density at radius 3 is 2.71 bits per heavy atom. The van der Waals surface area contributed by atoms with Gasteiger partial charge in [0.25, 0.3) is 5.92 Å². The summed E-state index contributed by atoms with van der Waals surface area (Å²) in [5, 5.41) is 0. The summed E-state index contributed by atoms with van der Waals surface area (Å²) >= 11 is 0. The first kappa shape index (κ1) is 12.0. The van der Waals surface area contributed by atoms with Crippen molar-refractivity contribution in [1.29, 1.82) is 0 Å². The summed E-state index contributed by atoms with van der Waals surface area (Å²) in [5.41, 5.74) is 0.338. The van der Waals surface area contributed by atoms with Crippen molar-refractivity contribution in [2.45, 2.75) is 18.8 Å². The number of alkyl halides is 2. The highest BCUT2D eigenvalue weighted by Crippen LogP contribution is 2.31. The molecule has 0 saturated carbocycles. The normalized spacial score (nSPS) is 19.1. The fourth-order valence-electron chi connectivity index (χ4n) is 2.02. The van der Waals surface area contributed by atoms with Crippen molar-refractivity contribution in [2.24, 2.45) is 0 Å². The van der Waals surface area contributed by atoms with Gasteiger partial charge in [0.05, 0.1) is 12.2 Å². The molecule has 0 unspecified atom stereocenters. The van der Waals surface area contributed by atoms with Crippen molar-refractivity contribution in [3.8, 4) is 0 Å². The molecule has 1 saturated heterocycles. The molecular formula is C12H12F3NO. The maximum atomic E-state index is 13.6. The predicted molar refractivity (Wildman–Crippen MR) is 58.2 cm³/mol. The van der Waals surface area contributed by atoms with E-state index in [9.17, 15) is 18.0 Å². The molecule has 1 aliphatic heterocycles. The van der Waals surface area contributed by atoms with E-state index in [2.05, 4.69) is 0 Å². The molecule has 0 aliphatic carbocycles. The third-order valence-corrected chi connectivity index (χ3v) is 2.84. The van der Waals surface area contributed by atoms with E-state index >= 15 is 0 Å². The van der Waals surface area contributed by atoms with Crippen LogP contribution in [0.3, 0.4) is 0 Å². The molecule has 17 heavy (non-hydrogen) atoms. The van der Waals surface area contributed by atoms with Gasteiger partial charge in [-0.15, -0.1) is 0 Å². The molecule has 1 aliphatic rings. The predicted octanol–water partition coefficient (Wildman–Crippen LogP) is 2.87. The molecule has 0 radical (unpaired) electrons. The number of nitrogens with zero attached hydrogens (tertiary/aromatic N) is 1. The van der Waals surface area contributed by atoms with Crippen LogP contribution in [0.25, 0.3) is 0 Å². The van der Waals surface area contributed by atoms with Gasteiger partial charge in [-0.2, -0.15) is 0 Å². The molecule has 1 fully saturated rings. The van der Waals surface area contributed by atoms with Crippen LogP contribution in [0.4, 0.5) is 18.9 Å². The topological polar surface area (TPSA) is 20.3 Å². The van der Waals surface area contributed by atoms with Gasteiger partial charge < -0.3 is 4.90 Å². The first-order valence-corrected chi connectivity index (χ1v) is 5.39. The highest BCUT2D eigenvalue weighted by atomic mass is 19.3. The van der Waals surface area contributed by atoms with Crippen molar-refractivity contribution in [3.63, 3.8) is 0 Å². The molecule has 0 bridgehead atoms. The van der Waals surface area contributed by atoms with Crippen LogP contribution in [0.1, 0.15) is 23.2 Å². The summed E-state index contributed by atoms with van der Waals surface area (Å²) in [5.74, 6) is -3.40. The van der Waals surface area contributed by atoms with Crippen molar-refractivity contribution >= 4 is 12.0 Å². The van der Waals surface area contributed by atoms with Gasteiger partial charge in [-0.05, 0) is 24.6 Å². The number of piperidine rings is 1. The number of carbonyl (C=O) groups excluding carboxylic acids is 1. The summed E-state index contributed by atoms with van der Waals surface area (Å²) < 4.78 is 40.0. The van der Waals surface area contributed by atoms with Gasteiger partial charge in [0, 0.05) is 18.5 Å². The summed E-state index contributed by atoms with van der Waals surface area (Å²) in [6.07, 6.45) is 0.705. The van der Waals surface area contributed by atoms with E-state index in [1.165, 1.54) is 17.0 Å². The van der Waals surface area contributed by atoms with E-state index in [0.29, 0.717) is 19.3 Å². The Morgan fingerprint density at radius 1 is 1.35 bits per heavy atom. The van der Waals surface area contributed by atoms with Gasteiger partial charge in [0.15, 0.2) is 0 Å². The van der Waals surface area contributed by atoms with Crippen LogP contribution in [0.5, 0.6) is 0 Å². The number of anilines is 1. The smallest absolute Gasteiger partial charge is 0.265 e. The van der Waals surface area contributed by atoms with E-state index in [4.69, 9.17) is 0 Å². The molecule has 2 nitrogen and oxygen atoms in total. The Kier molecular flexibility index (Phi) is 3.09. The average molecular weight is 243 g/mol. The van der Waals surface area contributed by atoms with Gasteiger partial charge in [-0.25, -0.2) is 13.2 Å². The molecule has 1 aromatic carbocycles. The van der Waals surface area contributed by atoms with Crippen molar-refractivity contribution in [2.75, 3.05) is 18.0 Å². The highest BCUT2D eigenvalue weighted by Gasteiger charge is 2.35. The molecule has 0 spiro atoms. The summed E-state index contributed by atoms with van der Waals surface area (Å²) in [4.78, 5) is 11.8. The molecule has 0 aromatic heterocycles. The molecule has 0 N–H and O–H groups in total. The number of carbonyl (C=O) groups is 1. The molecule has 0 atom stereocenters. The van der Waals surface area contributed by atoms with E-state index < -0.39 is 18.3 Å². The first-order chi connectivity index (χ1) is 8.02. The third kappa shape index (κ3) is 2.60. The standard InChI is InChI=1S/C12H12F3NO/c13-10-6-9(7-17)2-3-11(10)16-5-1-4-12(14,15)8-16/h2-3,6-7H,1,4-5,8H2. The first-order valence-electron chi connectivity index (χ1n) is 5.39. The summed E-state index contributed by atoms with van der Waals surface area (Å²) in [7, 11) is 0. The molecule has 1 heterocycles. The number of rotatable bonds is 2. The van der Waals surface area contributed by atoms with Crippen LogP contribution in [0.2, 0.25) is 0 Å². The minimum absolute atomic E-state index is 0.134. The monoisotopic (exact) mass is 243 g/mol. The molecule has 2 rings (SSSR count). The Balaban J connectivity index is 2.25. The zero-order chi connectivity index (χ0) is 12.5. The molecule has 5 heteroatoms. The average Bonchev–Trinajstić information content (AvgIpc) is 2.27. The van der Waals surface area contributed by atoms with Crippen molar-refractivity contribution in [3.05, 3.63) is 29.6 Å². The van der Waals surface area contributed by atoms with Crippen molar-refractivity contribution in [1.82, 2.24) is 0 Å². The molecule has 92 valence electrons. The highest BCUT2D eigenvalue weighted by molar-refractivity contribution is 5.76. The fraction of sp³-hybridized carbons (Fsp3) is 0.417. The van der Waals surface area contributed by atoms with E-state index in [0.717, 1.165) is 6.07 Å². The maximum absolute atomic E-state index is 13.6. The van der Waals surface area contributed by atoms with Gasteiger partial charge in [-0.3, -0.25) is 4.79 Å². The van der Waals surface area contributed by atoms with E-state index in [1.807, 2.05) is 0 Å². The third-order valence-electron chi connectivity index (χ3n) is 2.84. The van der Waals surface area contributed by atoms with Crippen LogP contribution in [0.15, 0.2) is 18.2 Å². The zero-order valence-electron chi connectivity index (χ0n) is 9.13. The Hall–Kier alpha value is -1.52. The Labute approximate surface area is 97.0 Å². The number of aldehydes is 1. The quantitative estimate of drug-likeness (QED) is 0.744. The second-order valence-corrected chi connectivity index (χ2v) is 4.21. The van der Waals surface area contributed by atoms with Crippen LogP contribution in [-0.4, -0.2) is 25.3 Å².